The van der Waals surface area contributed by atoms with Gasteiger partial charge in [0.25, 0.3) is 5.69 Å². The number of amides is 1. The fraction of sp³-hybridized carbons (Fsp3) is 0.462. The molecule has 1 unspecified atom stereocenters. The van der Waals surface area contributed by atoms with Crippen molar-refractivity contribution in [1.29, 1.82) is 0 Å². The van der Waals surface area contributed by atoms with Crippen LogP contribution in [0, 0.1) is 10.1 Å². The van der Waals surface area contributed by atoms with E-state index in [1.807, 2.05) is 6.92 Å². The van der Waals surface area contributed by atoms with Crippen molar-refractivity contribution in [3.8, 4) is 0 Å². The number of nitro groups is 1. The molecular weight excluding hydrogens is 262 g/mol. The van der Waals surface area contributed by atoms with Crippen LogP contribution in [0.15, 0.2) is 24.3 Å². The Balaban J connectivity index is 2.45. The summed E-state index contributed by atoms with van der Waals surface area (Å²) in [5, 5.41) is 25.0. The summed E-state index contributed by atoms with van der Waals surface area (Å²) in [6.07, 6.45) is 0.894. The third kappa shape index (κ3) is 5.77. The quantitative estimate of drug-likeness (QED) is 0.378. The topological polar surface area (TPSA) is 104 Å². The molecule has 0 aromatic heterocycles. The Morgan fingerprint density at radius 3 is 2.90 bits per heavy atom. The highest BCUT2D eigenvalue weighted by atomic mass is 16.6. The number of hydrogen-bond donors (Lipinski definition) is 3. The Morgan fingerprint density at radius 1 is 1.50 bits per heavy atom. The van der Waals surface area contributed by atoms with E-state index in [0.717, 1.165) is 0 Å². The van der Waals surface area contributed by atoms with Crippen LogP contribution in [0.1, 0.15) is 19.8 Å². The highest BCUT2D eigenvalue weighted by molar-refractivity contribution is 5.91. The maximum Gasteiger partial charge on any atom is 0.271 e. The number of hydrogen-bond acceptors (Lipinski definition) is 5. The Bertz CT molecular complexity index is 465. The molecule has 0 bridgehead atoms. The monoisotopic (exact) mass is 281 g/mol. The second kappa shape index (κ2) is 8.23. The molecular formula is C13H19N3O4. The van der Waals surface area contributed by atoms with Crippen molar-refractivity contribution < 1.29 is 14.8 Å². The molecule has 1 amide bonds. The van der Waals surface area contributed by atoms with Crippen molar-refractivity contribution in [3.05, 3.63) is 34.4 Å². The molecule has 0 fully saturated rings. The highest BCUT2D eigenvalue weighted by Crippen LogP contribution is 2.17. The number of rotatable bonds is 8. The van der Waals surface area contributed by atoms with Gasteiger partial charge in [-0.2, -0.15) is 0 Å². The summed E-state index contributed by atoms with van der Waals surface area (Å²) in [4.78, 5) is 21.9. The molecule has 0 aliphatic carbocycles. The van der Waals surface area contributed by atoms with Crippen LogP contribution in [-0.4, -0.2) is 35.1 Å². The summed E-state index contributed by atoms with van der Waals surface area (Å²) in [7, 11) is 0. The second-order valence-electron chi connectivity index (χ2n) is 4.49. The van der Waals surface area contributed by atoms with Crippen LogP contribution in [0.3, 0.4) is 0 Å². The van der Waals surface area contributed by atoms with Gasteiger partial charge in [-0.1, -0.05) is 6.07 Å². The van der Waals surface area contributed by atoms with Gasteiger partial charge in [-0.15, -0.1) is 0 Å². The minimum absolute atomic E-state index is 0.0275. The van der Waals surface area contributed by atoms with E-state index in [-0.39, 0.29) is 30.7 Å². The molecule has 0 heterocycles. The van der Waals surface area contributed by atoms with Crippen molar-refractivity contribution in [2.24, 2.45) is 0 Å². The first-order valence-corrected chi connectivity index (χ1v) is 6.41. The molecule has 1 atom stereocenters. The minimum Gasteiger partial charge on any atom is -0.396 e. The molecule has 1 rings (SSSR count). The molecule has 1 aromatic carbocycles. The van der Waals surface area contributed by atoms with Gasteiger partial charge in [0, 0.05) is 36.9 Å². The zero-order valence-electron chi connectivity index (χ0n) is 11.3. The first kappa shape index (κ1) is 16.1. The van der Waals surface area contributed by atoms with Crippen molar-refractivity contribution in [1.82, 2.24) is 5.32 Å². The predicted molar refractivity (Wildman–Crippen MR) is 75.5 cm³/mol. The fourth-order valence-electron chi connectivity index (χ4n) is 1.69. The number of carbonyl (C=O) groups is 1. The van der Waals surface area contributed by atoms with Gasteiger partial charge in [0.15, 0.2) is 0 Å². The smallest absolute Gasteiger partial charge is 0.271 e. The molecule has 110 valence electrons. The SMILES string of the molecule is CC(CC(=O)Nc1cccc([N+](=O)[O-])c1)NCCCO. The summed E-state index contributed by atoms with van der Waals surface area (Å²) in [5.74, 6) is -0.213. The van der Waals surface area contributed by atoms with Crippen molar-refractivity contribution in [2.75, 3.05) is 18.5 Å². The number of nitrogens with zero attached hydrogens (tertiary/aromatic N) is 1. The number of nitro benzene ring substituents is 1. The Labute approximate surface area is 117 Å². The Morgan fingerprint density at radius 2 is 2.25 bits per heavy atom. The molecule has 0 radical (unpaired) electrons. The number of aliphatic hydroxyl groups excluding tert-OH is 1. The van der Waals surface area contributed by atoms with Gasteiger partial charge in [0.05, 0.1) is 4.92 Å². The lowest BCUT2D eigenvalue weighted by molar-refractivity contribution is -0.384. The summed E-state index contributed by atoms with van der Waals surface area (Å²) in [6.45, 7) is 2.62. The number of anilines is 1. The zero-order chi connectivity index (χ0) is 15.0. The van der Waals surface area contributed by atoms with E-state index < -0.39 is 4.92 Å². The molecule has 0 saturated carbocycles. The maximum atomic E-state index is 11.8. The number of nitrogens with one attached hydrogen (secondary N) is 2. The van der Waals surface area contributed by atoms with Crippen LogP contribution in [-0.2, 0) is 4.79 Å². The predicted octanol–water partition coefficient (Wildman–Crippen LogP) is 1.28. The van der Waals surface area contributed by atoms with Crippen LogP contribution in [0.25, 0.3) is 0 Å². The van der Waals surface area contributed by atoms with E-state index >= 15 is 0 Å². The van der Waals surface area contributed by atoms with Gasteiger partial charge >= 0.3 is 0 Å². The highest BCUT2D eigenvalue weighted by Gasteiger charge is 2.11. The van der Waals surface area contributed by atoms with Crippen LogP contribution in [0.5, 0.6) is 0 Å². The van der Waals surface area contributed by atoms with E-state index in [9.17, 15) is 14.9 Å². The molecule has 7 heteroatoms. The van der Waals surface area contributed by atoms with Crippen molar-refractivity contribution >= 4 is 17.3 Å². The average Bonchev–Trinajstić information content (AvgIpc) is 2.39. The average molecular weight is 281 g/mol. The van der Waals surface area contributed by atoms with Crippen molar-refractivity contribution in [3.63, 3.8) is 0 Å². The Hall–Kier alpha value is -1.99. The number of non-ortho nitro benzene ring substituents is 1. The summed E-state index contributed by atoms with van der Waals surface area (Å²) in [6, 6.07) is 5.79. The lowest BCUT2D eigenvalue weighted by Gasteiger charge is -2.13. The fourth-order valence-corrected chi connectivity index (χ4v) is 1.69. The lowest BCUT2D eigenvalue weighted by atomic mass is 10.2. The maximum absolute atomic E-state index is 11.8. The van der Waals surface area contributed by atoms with Gasteiger partial charge in [0.2, 0.25) is 5.91 Å². The van der Waals surface area contributed by atoms with E-state index in [0.29, 0.717) is 18.7 Å². The molecule has 3 N–H and O–H groups in total. The van der Waals surface area contributed by atoms with E-state index in [4.69, 9.17) is 5.11 Å². The van der Waals surface area contributed by atoms with Gasteiger partial charge < -0.3 is 15.7 Å². The van der Waals surface area contributed by atoms with E-state index in [1.54, 1.807) is 6.07 Å². The van der Waals surface area contributed by atoms with Gasteiger partial charge in [-0.3, -0.25) is 14.9 Å². The van der Waals surface area contributed by atoms with Crippen LogP contribution in [0.4, 0.5) is 11.4 Å². The van der Waals surface area contributed by atoms with Crippen LogP contribution in [0.2, 0.25) is 0 Å². The molecule has 1 aromatic rings. The first-order chi connectivity index (χ1) is 9.52. The largest absolute Gasteiger partial charge is 0.396 e. The van der Waals surface area contributed by atoms with Crippen LogP contribution >= 0.6 is 0 Å². The number of aliphatic hydroxyl groups is 1. The van der Waals surface area contributed by atoms with E-state index in [1.165, 1.54) is 18.2 Å². The summed E-state index contributed by atoms with van der Waals surface area (Å²) < 4.78 is 0. The lowest BCUT2D eigenvalue weighted by Crippen LogP contribution is -2.31. The first-order valence-electron chi connectivity index (χ1n) is 6.41. The molecule has 20 heavy (non-hydrogen) atoms. The van der Waals surface area contributed by atoms with Crippen LogP contribution < -0.4 is 10.6 Å². The minimum atomic E-state index is -0.505. The molecule has 0 spiro atoms. The zero-order valence-corrected chi connectivity index (χ0v) is 11.3. The van der Waals surface area contributed by atoms with E-state index in [2.05, 4.69) is 10.6 Å². The molecule has 0 aliphatic heterocycles. The van der Waals surface area contributed by atoms with Gasteiger partial charge in [-0.25, -0.2) is 0 Å². The van der Waals surface area contributed by atoms with Gasteiger partial charge in [0.1, 0.15) is 0 Å². The van der Waals surface area contributed by atoms with Gasteiger partial charge in [-0.05, 0) is 26.0 Å². The molecule has 0 saturated heterocycles. The number of benzene rings is 1. The van der Waals surface area contributed by atoms with Crippen molar-refractivity contribution in [2.45, 2.75) is 25.8 Å². The third-order valence-electron chi connectivity index (χ3n) is 2.66. The standard InChI is InChI=1S/C13H19N3O4/c1-10(14-6-3-7-17)8-13(18)15-11-4-2-5-12(9-11)16(19)20/h2,4-5,9-10,14,17H,3,6-8H2,1H3,(H,15,18). The molecule has 0 aliphatic rings. The normalized spacial score (nSPS) is 11.9. The Kier molecular flexibility index (Phi) is 6.61. The summed E-state index contributed by atoms with van der Waals surface area (Å²) in [5.41, 5.74) is 0.351. The molecule has 7 nitrogen and oxygen atoms in total. The summed E-state index contributed by atoms with van der Waals surface area (Å²) >= 11 is 0. The third-order valence-corrected chi connectivity index (χ3v) is 2.66. The number of carbonyl (C=O) groups excluding carboxylic acids is 1. The second-order valence-corrected chi connectivity index (χ2v) is 4.49.